The minimum absolute atomic E-state index is 0.0233. The van der Waals surface area contributed by atoms with Gasteiger partial charge in [-0.05, 0) is 37.1 Å². The van der Waals surface area contributed by atoms with Crippen molar-refractivity contribution < 1.29 is 14.3 Å². The largest absolute Gasteiger partial charge is 0.457 e. The van der Waals surface area contributed by atoms with E-state index in [9.17, 15) is 9.59 Å². The lowest BCUT2D eigenvalue weighted by molar-refractivity contribution is 0.0472. The van der Waals surface area contributed by atoms with Gasteiger partial charge in [0.15, 0.2) is 5.78 Å². The number of hydrogen-bond acceptors (Lipinski definition) is 3. The van der Waals surface area contributed by atoms with E-state index in [1.807, 2.05) is 31.2 Å². The minimum Gasteiger partial charge on any atom is -0.457 e. The quantitative estimate of drug-likeness (QED) is 0.629. The van der Waals surface area contributed by atoms with Crippen LogP contribution in [-0.4, -0.2) is 11.8 Å². The van der Waals surface area contributed by atoms with E-state index < -0.39 is 0 Å². The third kappa shape index (κ3) is 3.32. The fraction of sp³-hybridized carbons (Fsp3) is 0.176. The Kier molecular flexibility index (Phi) is 4.31. The third-order valence-electron chi connectivity index (χ3n) is 3.15. The van der Waals surface area contributed by atoms with Crippen LogP contribution in [0.4, 0.5) is 0 Å². The van der Waals surface area contributed by atoms with Crippen LogP contribution in [0.25, 0.3) is 0 Å². The van der Waals surface area contributed by atoms with Crippen molar-refractivity contribution in [2.75, 3.05) is 0 Å². The van der Waals surface area contributed by atoms with E-state index in [-0.39, 0.29) is 18.4 Å². The molecule has 0 unspecified atom stereocenters. The molecule has 2 aromatic carbocycles. The predicted molar refractivity (Wildman–Crippen MR) is 76.7 cm³/mol. The van der Waals surface area contributed by atoms with Gasteiger partial charge >= 0.3 is 5.97 Å². The smallest absolute Gasteiger partial charge is 0.338 e. The van der Waals surface area contributed by atoms with Gasteiger partial charge in [0.1, 0.15) is 6.61 Å². The molecule has 0 bridgehead atoms. The van der Waals surface area contributed by atoms with Gasteiger partial charge in [0, 0.05) is 5.56 Å². The SMILES string of the molecule is CC(=O)c1ccc(C(=O)OCc2ccccc2C)cc1. The molecule has 0 radical (unpaired) electrons. The lowest BCUT2D eigenvalue weighted by atomic mass is 10.1. The lowest BCUT2D eigenvalue weighted by Gasteiger charge is -2.07. The zero-order valence-corrected chi connectivity index (χ0v) is 11.6. The van der Waals surface area contributed by atoms with Gasteiger partial charge in [-0.1, -0.05) is 36.4 Å². The van der Waals surface area contributed by atoms with E-state index in [1.165, 1.54) is 6.92 Å². The van der Waals surface area contributed by atoms with Crippen molar-refractivity contribution in [1.29, 1.82) is 0 Å². The second kappa shape index (κ2) is 6.15. The van der Waals surface area contributed by atoms with E-state index >= 15 is 0 Å². The van der Waals surface area contributed by atoms with Crippen LogP contribution < -0.4 is 0 Å². The van der Waals surface area contributed by atoms with Crippen molar-refractivity contribution in [3.05, 3.63) is 70.8 Å². The summed E-state index contributed by atoms with van der Waals surface area (Å²) < 4.78 is 5.27. The van der Waals surface area contributed by atoms with Crippen molar-refractivity contribution in [3.63, 3.8) is 0 Å². The van der Waals surface area contributed by atoms with Crippen molar-refractivity contribution in [1.82, 2.24) is 0 Å². The number of hydrogen-bond donors (Lipinski definition) is 0. The van der Waals surface area contributed by atoms with Crippen molar-refractivity contribution >= 4 is 11.8 Å². The zero-order chi connectivity index (χ0) is 14.5. The molecule has 0 aromatic heterocycles. The first-order valence-electron chi connectivity index (χ1n) is 6.40. The molecule has 0 fully saturated rings. The summed E-state index contributed by atoms with van der Waals surface area (Å²) in [5, 5.41) is 0. The Balaban J connectivity index is 2.02. The third-order valence-corrected chi connectivity index (χ3v) is 3.15. The summed E-state index contributed by atoms with van der Waals surface area (Å²) in [7, 11) is 0. The number of carbonyl (C=O) groups is 2. The molecule has 0 saturated carbocycles. The maximum absolute atomic E-state index is 11.9. The first-order valence-corrected chi connectivity index (χ1v) is 6.40. The summed E-state index contributed by atoms with van der Waals surface area (Å²) in [4.78, 5) is 23.1. The monoisotopic (exact) mass is 268 g/mol. The lowest BCUT2D eigenvalue weighted by Crippen LogP contribution is -2.06. The van der Waals surface area contributed by atoms with Crippen LogP contribution in [0.1, 0.15) is 38.8 Å². The molecular formula is C17H16O3. The molecule has 0 atom stereocenters. The number of ether oxygens (including phenoxy) is 1. The van der Waals surface area contributed by atoms with Gasteiger partial charge in [-0.3, -0.25) is 4.79 Å². The summed E-state index contributed by atoms with van der Waals surface area (Å²) in [6, 6.07) is 14.2. The van der Waals surface area contributed by atoms with Crippen molar-refractivity contribution in [2.45, 2.75) is 20.5 Å². The van der Waals surface area contributed by atoms with Gasteiger partial charge in [-0.2, -0.15) is 0 Å². The topological polar surface area (TPSA) is 43.4 Å². The van der Waals surface area contributed by atoms with E-state index in [4.69, 9.17) is 4.74 Å². The number of ketones is 1. The van der Waals surface area contributed by atoms with Gasteiger partial charge in [0.25, 0.3) is 0 Å². The molecule has 102 valence electrons. The number of aryl methyl sites for hydroxylation is 1. The highest BCUT2D eigenvalue weighted by Crippen LogP contribution is 2.11. The predicted octanol–water partition coefficient (Wildman–Crippen LogP) is 3.55. The Bertz CT molecular complexity index is 627. The van der Waals surface area contributed by atoms with Crippen LogP contribution >= 0.6 is 0 Å². The van der Waals surface area contributed by atoms with Gasteiger partial charge in [0.05, 0.1) is 5.56 Å². The molecule has 0 N–H and O–H groups in total. The van der Waals surface area contributed by atoms with Crippen LogP contribution in [-0.2, 0) is 11.3 Å². The van der Waals surface area contributed by atoms with E-state index in [2.05, 4.69) is 0 Å². The van der Waals surface area contributed by atoms with Gasteiger partial charge in [-0.25, -0.2) is 4.79 Å². The minimum atomic E-state index is -0.386. The number of esters is 1. The highest BCUT2D eigenvalue weighted by Gasteiger charge is 2.09. The molecule has 2 aromatic rings. The van der Waals surface area contributed by atoms with E-state index in [1.54, 1.807) is 24.3 Å². The van der Waals surface area contributed by atoms with Crippen LogP contribution in [0, 0.1) is 6.92 Å². The summed E-state index contributed by atoms with van der Waals surface area (Å²) in [6.07, 6.45) is 0. The molecule has 0 aliphatic carbocycles. The second-order valence-electron chi connectivity index (χ2n) is 4.64. The molecule has 20 heavy (non-hydrogen) atoms. The number of rotatable bonds is 4. The van der Waals surface area contributed by atoms with Crippen LogP contribution in [0.2, 0.25) is 0 Å². The molecule has 0 aliphatic rings. The summed E-state index contributed by atoms with van der Waals surface area (Å²) in [5.41, 5.74) is 3.11. The average Bonchev–Trinajstić information content (AvgIpc) is 2.46. The van der Waals surface area contributed by atoms with Gasteiger partial charge in [-0.15, -0.1) is 0 Å². The second-order valence-corrected chi connectivity index (χ2v) is 4.64. The van der Waals surface area contributed by atoms with Crippen molar-refractivity contribution in [3.8, 4) is 0 Å². The molecule has 2 rings (SSSR count). The number of benzene rings is 2. The van der Waals surface area contributed by atoms with E-state index in [0.717, 1.165) is 11.1 Å². The Hall–Kier alpha value is -2.42. The molecule has 0 saturated heterocycles. The summed E-state index contributed by atoms with van der Waals surface area (Å²) in [5.74, 6) is -0.409. The van der Waals surface area contributed by atoms with Crippen molar-refractivity contribution in [2.24, 2.45) is 0 Å². The fourth-order valence-corrected chi connectivity index (χ4v) is 1.84. The highest BCUT2D eigenvalue weighted by atomic mass is 16.5. The fourth-order valence-electron chi connectivity index (χ4n) is 1.84. The Labute approximate surface area is 118 Å². The first kappa shape index (κ1) is 14.0. The van der Waals surface area contributed by atoms with Crippen LogP contribution in [0.5, 0.6) is 0 Å². The molecule has 0 aliphatic heterocycles. The molecule has 0 heterocycles. The maximum atomic E-state index is 11.9. The Morgan fingerprint density at radius 2 is 1.55 bits per heavy atom. The van der Waals surface area contributed by atoms with Gasteiger partial charge < -0.3 is 4.74 Å². The normalized spacial score (nSPS) is 10.1. The maximum Gasteiger partial charge on any atom is 0.338 e. The molecular weight excluding hydrogens is 252 g/mol. The molecule has 0 amide bonds. The Morgan fingerprint density at radius 3 is 2.15 bits per heavy atom. The first-order chi connectivity index (χ1) is 9.58. The molecule has 0 spiro atoms. The van der Waals surface area contributed by atoms with E-state index in [0.29, 0.717) is 11.1 Å². The number of Topliss-reactive ketones (excluding diaryl/α,β-unsaturated/α-hetero) is 1. The summed E-state index contributed by atoms with van der Waals surface area (Å²) >= 11 is 0. The van der Waals surface area contributed by atoms with Crippen LogP contribution in [0.15, 0.2) is 48.5 Å². The molecule has 3 nitrogen and oxygen atoms in total. The Morgan fingerprint density at radius 1 is 0.950 bits per heavy atom. The highest BCUT2D eigenvalue weighted by molar-refractivity contribution is 5.96. The zero-order valence-electron chi connectivity index (χ0n) is 11.6. The number of carbonyl (C=O) groups excluding carboxylic acids is 2. The standard InChI is InChI=1S/C17H16O3/c1-12-5-3-4-6-16(12)11-20-17(19)15-9-7-14(8-10-15)13(2)18/h3-10H,11H2,1-2H3. The molecule has 3 heteroatoms. The van der Waals surface area contributed by atoms with Gasteiger partial charge in [0.2, 0.25) is 0 Å². The van der Waals surface area contributed by atoms with Crippen LogP contribution in [0.3, 0.4) is 0 Å². The average molecular weight is 268 g/mol. The summed E-state index contributed by atoms with van der Waals surface area (Å²) in [6.45, 7) is 3.72.